The van der Waals surface area contributed by atoms with Crippen molar-refractivity contribution in [3.8, 4) is 0 Å². The van der Waals surface area contributed by atoms with Crippen LogP contribution in [0.15, 0.2) is 0 Å². The molecule has 2 saturated carbocycles. The summed E-state index contributed by atoms with van der Waals surface area (Å²) in [6.45, 7) is 3.86. The van der Waals surface area contributed by atoms with Crippen LogP contribution in [0.5, 0.6) is 0 Å². The van der Waals surface area contributed by atoms with Crippen molar-refractivity contribution in [2.75, 3.05) is 27.2 Å². The summed E-state index contributed by atoms with van der Waals surface area (Å²) in [7, 11) is 4.09. The summed E-state index contributed by atoms with van der Waals surface area (Å²) >= 11 is 0. The summed E-state index contributed by atoms with van der Waals surface area (Å²) in [6, 6.07) is 0. The van der Waals surface area contributed by atoms with E-state index in [9.17, 15) is 4.79 Å². The lowest BCUT2D eigenvalue weighted by Crippen LogP contribution is -2.16. The zero-order chi connectivity index (χ0) is 20.2. The largest absolute Gasteiger partial charge is 0.466 e. The molecule has 3 heteroatoms. The molecule has 3 nitrogen and oxygen atoms in total. The van der Waals surface area contributed by atoms with Gasteiger partial charge in [0.2, 0.25) is 0 Å². The molecule has 2 aliphatic rings. The Labute approximate surface area is 175 Å². The molecule has 0 heterocycles. The van der Waals surface area contributed by atoms with Crippen LogP contribution in [0.1, 0.15) is 103 Å². The molecule has 2 unspecified atom stereocenters. The molecule has 0 bridgehead atoms. The summed E-state index contributed by atoms with van der Waals surface area (Å²) in [5.41, 5.74) is 0. The fraction of sp³-hybridized carbons (Fsp3) is 0.960. The maximum absolute atomic E-state index is 11.7. The van der Waals surface area contributed by atoms with Gasteiger partial charge in [-0.1, -0.05) is 64.7 Å². The minimum Gasteiger partial charge on any atom is -0.466 e. The van der Waals surface area contributed by atoms with Crippen LogP contribution in [0.2, 0.25) is 0 Å². The summed E-state index contributed by atoms with van der Waals surface area (Å²) in [5.74, 6) is 4.35. The Kier molecular flexibility index (Phi) is 11.5. The van der Waals surface area contributed by atoms with E-state index in [-0.39, 0.29) is 5.97 Å². The first-order chi connectivity index (χ1) is 13.6. The van der Waals surface area contributed by atoms with E-state index in [0.717, 1.165) is 43.1 Å². The van der Waals surface area contributed by atoms with Gasteiger partial charge in [0.1, 0.15) is 0 Å². The van der Waals surface area contributed by atoms with Gasteiger partial charge >= 0.3 is 5.97 Å². The molecule has 164 valence electrons. The quantitative estimate of drug-likeness (QED) is 0.198. The van der Waals surface area contributed by atoms with Crippen molar-refractivity contribution >= 4 is 5.97 Å². The maximum Gasteiger partial charge on any atom is 0.305 e. The third kappa shape index (κ3) is 10.8. The molecular formula is C25H47NO2. The summed E-state index contributed by atoms with van der Waals surface area (Å²) in [4.78, 5) is 13.8. The predicted octanol–water partition coefficient (Wildman–Crippen LogP) is 6.45. The van der Waals surface area contributed by atoms with Gasteiger partial charge in [-0.3, -0.25) is 4.79 Å². The topological polar surface area (TPSA) is 29.5 Å². The molecule has 4 atom stereocenters. The molecule has 2 aliphatic carbocycles. The molecule has 0 aromatic heterocycles. The van der Waals surface area contributed by atoms with Crippen LogP contribution in [-0.4, -0.2) is 38.1 Å². The minimum absolute atomic E-state index is 0.00680. The molecule has 0 aromatic carbocycles. The lowest BCUT2D eigenvalue weighted by atomic mass is 10.0. The third-order valence-electron chi connectivity index (χ3n) is 6.89. The van der Waals surface area contributed by atoms with Crippen LogP contribution >= 0.6 is 0 Å². The van der Waals surface area contributed by atoms with Crippen molar-refractivity contribution < 1.29 is 9.53 Å². The highest BCUT2D eigenvalue weighted by atomic mass is 16.5. The average molecular weight is 394 g/mol. The molecule has 0 spiro atoms. The highest BCUT2D eigenvalue weighted by molar-refractivity contribution is 5.69. The van der Waals surface area contributed by atoms with E-state index in [2.05, 4.69) is 11.8 Å². The van der Waals surface area contributed by atoms with Gasteiger partial charge in [0.25, 0.3) is 0 Å². The maximum atomic E-state index is 11.7. The Hall–Kier alpha value is -0.570. The average Bonchev–Trinajstić information content (AvgIpc) is 3.57. The highest BCUT2D eigenvalue weighted by Gasteiger charge is 2.44. The second kappa shape index (κ2) is 13.6. The van der Waals surface area contributed by atoms with E-state index in [4.69, 9.17) is 4.74 Å². The first kappa shape index (κ1) is 23.7. The van der Waals surface area contributed by atoms with Crippen LogP contribution in [0.25, 0.3) is 0 Å². The number of esters is 1. The number of carbonyl (C=O) groups excluding carboxylic acids is 1. The number of unbranched alkanes of at least 4 members (excludes halogenated alkanes) is 6. The van der Waals surface area contributed by atoms with Crippen molar-refractivity contribution in [2.45, 2.75) is 103 Å². The molecule has 2 fully saturated rings. The minimum atomic E-state index is -0.00680. The molecule has 0 radical (unpaired) electrons. The molecule has 0 amide bonds. The number of ether oxygens (including phenoxy) is 1. The number of hydrogen-bond donors (Lipinski definition) is 0. The Morgan fingerprint density at radius 3 is 2.07 bits per heavy atom. The predicted molar refractivity (Wildman–Crippen MR) is 118 cm³/mol. The molecule has 28 heavy (non-hydrogen) atoms. The first-order valence-electron chi connectivity index (χ1n) is 12.4. The van der Waals surface area contributed by atoms with Gasteiger partial charge in [-0.05, 0) is 69.9 Å². The third-order valence-corrected chi connectivity index (χ3v) is 6.89. The lowest BCUT2D eigenvalue weighted by molar-refractivity contribution is -0.143. The van der Waals surface area contributed by atoms with Crippen LogP contribution in [0.4, 0.5) is 0 Å². The zero-order valence-corrected chi connectivity index (χ0v) is 19.1. The fourth-order valence-electron chi connectivity index (χ4n) is 4.80. The van der Waals surface area contributed by atoms with Gasteiger partial charge in [0.05, 0.1) is 6.61 Å². The molecule has 2 rings (SSSR count). The number of nitrogens with zero attached hydrogens (tertiary/aromatic N) is 1. The van der Waals surface area contributed by atoms with Crippen LogP contribution < -0.4 is 0 Å². The fourth-order valence-corrected chi connectivity index (χ4v) is 4.80. The molecular weight excluding hydrogens is 346 g/mol. The summed E-state index contributed by atoms with van der Waals surface area (Å²) < 4.78 is 5.28. The first-order valence-corrected chi connectivity index (χ1v) is 12.4. The molecule has 0 aliphatic heterocycles. The van der Waals surface area contributed by atoms with Crippen molar-refractivity contribution in [3.05, 3.63) is 0 Å². The van der Waals surface area contributed by atoms with Gasteiger partial charge in [-0.15, -0.1) is 0 Å². The molecule has 0 N–H and O–H groups in total. The van der Waals surface area contributed by atoms with Gasteiger partial charge in [-0.2, -0.15) is 0 Å². The standard InChI is InChI=1S/C25H47NO2/c1-4-5-9-13-21-18-23(21)20-24-19-22(24)14-10-7-6-8-11-15-25(27)28-17-12-16-26(2)3/h21-24H,4-20H2,1-3H3/t21?,22-,23?,24-/m0/s1. The van der Waals surface area contributed by atoms with Gasteiger partial charge in [0, 0.05) is 13.0 Å². The van der Waals surface area contributed by atoms with E-state index >= 15 is 0 Å². The Balaban J connectivity index is 1.31. The zero-order valence-electron chi connectivity index (χ0n) is 19.1. The van der Waals surface area contributed by atoms with Gasteiger partial charge in [0.15, 0.2) is 0 Å². The van der Waals surface area contributed by atoms with Crippen LogP contribution in [0, 0.1) is 23.7 Å². The number of rotatable bonds is 18. The normalized spacial score (nSPS) is 25.9. The van der Waals surface area contributed by atoms with Crippen molar-refractivity contribution in [1.82, 2.24) is 4.90 Å². The number of hydrogen-bond acceptors (Lipinski definition) is 3. The molecule has 0 saturated heterocycles. The Morgan fingerprint density at radius 1 is 0.821 bits per heavy atom. The SMILES string of the molecule is CCCCCC1CC1C[C@@H]1C[C@@H]1CCCCCCCC(=O)OCCCN(C)C. The van der Waals surface area contributed by atoms with Crippen molar-refractivity contribution in [3.63, 3.8) is 0 Å². The summed E-state index contributed by atoms with van der Waals surface area (Å²) in [5, 5.41) is 0. The van der Waals surface area contributed by atoms with E-state index < -0.39 is 0 Å². The van der Waals surface area contributed by atoms with Crippen LogP contribution in [0.3, 0.4) is 0 Å². The van der Waals surface area contributed by atoms with E-state index in [1.165, 1.54) is 64.2 Å². The lowest BCUT2D eigenvalue weighted by Gasteiger charge is -2.09. The monoisotopic (exact) mass is 393 g/mol. The van der Waals surface area contributed by atoms with E-state index in [1.54, 1.807) is 12.8 Å². The Bertz CT molecular complexity index is 423. The Morgan fingerprint density at radius 2 is 1.43 bits per heavy atom. The molecule has 0 aromatic rings. The smallest absolute Gasteiger partial charge is 0.305 e. The van der Waals surface area contributed by atoms with E-state index in [0.29, 0.717) is 13.0 Å². The highest BCUT2D eigenvalue weighted by Crippen LogP contribution is 2.54. The van der Waals surface area contributed by atoms with Gasteiger partial charge in [-0.25, -0.2) is 0 Å². The second-order valence-electron chi connectivity index (χ2n) is 9.93. The van der Waals surface area contributed by atoms with Crippen molar-refractivity contribution in [2.24, 2.45) is 23.7 Å². The second-order valence-corrected chi connectivity index (χ2v) is 9.93. The van der Waals surface area contributed by atoms with Gasteiger partial charge < -0.3 is 9.64 Å². The van der Waals surface area contributed by atoms with Crippen molar-refractivity contribution in [1.29, 1.82) is 0 Å². The van der Waals surface area contributed by atoms with Crippen LogP contribution in [-0.2, 0) is 9.53 Å². The number of carbonyl (C=O) groups is 1. The summed E-state index contributed by atoms with van der Waals surface area (Å²) in [6.07, 6.45) is 19.6. The van der Waals surface area contributed by atoms with E-state index in [1.807, 2.05) is 14.1 Å².